The van der Waals surface area contributed by atoms with Gasteiger partial charge in [-0.25, -0.2) is 0 Å². The van der Waals surface area contributed by atoms with Crippen molar-refractivity contribution in [2.75, 3.05) is 20.3 Å². The lowest BCUT2D eigenvalue weighted by atomic mass is 10.1. The van der Waals surface area contributed by atoms with Crippen molar-refractivity contribution in [3.63, 3.8) is 0 Å². The van der Waals surface area contributed by atoms with Gasteiger partial charge in [-0.15, -0.1) is 0 Å². The van der Waals surface area contributed by atoms with Crippen LogP contribution in [0.2, 0.25) is 0 Å². The molecule has 1 fully saturated rings. The van der Waals surface area contributed by atoms with Crippen LogP contribution in [0, 0.1) is 0 Å². The molecule has 3 rings (SSSR count). The van der Waals surface area contributed by atoms with Crippen LogP contribution in [0.15, 0.2) is 42.5 Å². The summed E-state index contributed by atoms with van der Waals surface area (Å²) in [6, 6.07) is 13.2. The highest BCUT2D eigenvalue weighted by atomic mass is 16.5. The molecule has 0 radical (unpaired) electrons. The fourth-order valence-electron chi connectivity index (χ4n) is 3.23. The maximum Gasteiger partial charge on any atom is 0.305 e. The third-order valence-corrected chi connectivity index (χ3v) is 4.52. The summed E-state index contributed by atoms with van der Waals surface area (Å²) in [4.78, 5) is 25.1. The number of aliphatic carboxylic acids is 1. The average molecular weight is 343 g/mol. The molecule has 2 aromatic rings. The monoisotopic (exact) mass is 343 g/mol. The Hall–Kier alpha value is -2.60. The number of benzene rings is 2. The van der Waals surface area contributed by atoms with Gasteiger partial charge in [-0.3, -0.25) is 9.59 Å². The fraction of sp³-hybridized carbons (Fsp3) is 0.368. The minimum absolute atomic E-state index is 0.0818. The van der Waals surface area contributed by atoms with Gasteiger partial charge in [-0.1, -0.05) is 30.3 Å². The summed E-state index contributed by atoms with van der Waals surface area (Å²) in [7, 11) is 1.57. The van der Waals surface area contributed by atoms with E-state index in [1.165, 1.54) is 0 Å². The molecule has 0 spiro atoms. The van der Waals surface area contributed by atoms with Crippen LogP contribution < -0.4 is 4.74 Å². The average Bonchev–Trinajstić information content (AvgIpc) is 3.01. The van der Waals surface area contributed by atoms with E-state index in [0.717, 1.165) is 10.8 Å². The molecule has 2 aromatic carbocycles. The number of amides is 1. The van der Waals surface area contributed by atoms with Crippen LogP contribution in [-0.4, -0.2) is 54.3 Å². The summed E-state index contributed by atoms with van der Waals surface area (Å²) in [6.07, 6.45) is 0.320. The molecule has 0 saturated carbocycles. The molecular formula is C19H21NO5. The summed E-state index contributed by atoms with van der Waals surface area (Å²) in [6.45, 7) is 0.277. The van der Waals surface area contributed by atoms with Crippen LogP contribution in [0.5, 0.6) is 5.75 Å². The molecule has 1 amide bonds. The third-order valence-electron chi connectivity index (χ3n) is 4.52. The van der Waals surface area contributed by atoms with Crippen molar-refractivity contribution in [2.45, 2.75) is 25.0 Å². The van der Waals surface area contributed by atoms with E-state index < -0.39 is 5.97 Å². The second kappa shape index (κ2) is 7.53. The van der Waals surface area contributed by atoms with Crippen LogP contribution >= 0.6 is 0 Å². The molecule has 1 saturated heterocycles. The molecule has 2 unspecified atom stereocenters. The number of rotatable bonds is 6. The lowest BCUT2D eigenvalue weighted by Gasteiger charge is -2.23. The maximum atomic E-state index is 12.5. The normalized spacial score (nSPS) is 20.0. The molecule has 2 atom stereocenters. The van der Waals surface area contributed by atoms with E-state index in [1.54, 1.807) is 12.0 Å². The van der Waals surface area contributed by atoms with E-state index in [4.69, 9.17) is 14.6 Å². The number of nitrogens with zero attached hydrogens (tertiary/aromatic N) is 1. The van der Waals surface area contributed by atoms with Gasteiger partial charge in [0.05, 0.1) is 12.5 Å². The molecule has 6 heteroatoms. The molecular weight excluding hydrogens is 322 g/mol. The van der Waals surface area contributed by atoms with Crippen LogP contribution in [-0.2, 0) is 14.3 Å². The topological polar surface area (TPSA) is 76.1 Å². The number of likely N-dealkylation sites (tertiary alicyclic amines) is 1. The Morgan fingerprint density at radius 1 is 1.20 bits per heavy atom. The van der Waals surface area contributed by atoms with Gasteiger partial charge in [0.15, 0.2) is 6.61 Å². The first-order valence-corrected chi connectivity index (χ1v) is 8.22. The molecule has 0 aliphatic carbocycles. The predicted molar refractivity (Wildman–Crippen MR) is 92.6 cm³/mol. The summed E-state index contributed by atoms with van der Waals surface area (Å²) in [5.74, 6) is -0.529. The van der Waals surface area contributed by atoms with Crippen molar-refractivity contribution in [1.82, 2.24) is 4.90 Å². The number of carbonyl (C=O) groups excluding carboxylic acids is 1. The Labute approximate surface area is 145 Å². The van der Waals surface area contributed by atoms with Gasteiger partial charge < -0.3 is 19.5 Å². The van der Waals surface area contributed by atoms with Gasteiger partial charge in [-0.2, -0.15) is 0 Å². The number of carbonyl (C=O) groups is 2. The summed E-state index contributed by atoms with van der Waals surface area (Å²) < 4.78 is 10.9. The number of carboxylic acids is 1. The van der Waals surface area contributed by atoms with E-state index in [9.17, 15) is 9.59 Å². The summed E-state index contributed by atoms with van der Waals surface area (Å²) in [5.41, 5.74) is 0. The standard InChI is InChI=1S/C19H21NO5/c1-24-17-9-15(10-19(22)23)20(11-17)18(21)12-25-16-7-6-13-4-2-3-5-14(13)8-16/h2-8,15,17H,9-12H2,1H3,(H,22,23). The maximum absolute atomic E-state index is 12.5. The number of fused-ring (bicyclic) bond motifs is 1. The number of methoxy groups -OCH3 is 1. The van der Waals surface area contributed by atoms with E-state index in [-0.39, 0.29) is 31.1 Å². The Kier molecular flexibility index (Phi) is 5.19. The zero-order chi connectivity index (χ0) is 17.8. The van der Waals surface area contributed by atoms with Gasteiger partial charge in [0.2, 0.25) is 0 Å². The van der Waals surface area contributed by atoms with Crippen LogP contribution in [0.25, 0.3) is 10.8 Å². The lowest BCUT2D eigenvalue weighted by molar-refractivity contribution is -0.140. The highest BCUT2D eigenvalue weighted by Crippen LogP contribution is 2.24. The van der Waals surface area contributed by atoms with E-state index in [2.05, 4.69) is 0 Å². The van der Waals surface area contributed by atoms with Gasteiger partial charge >= 0.3 is 5.97 Å². The third kappa shape index (κ3) is 4.09. The molecule has 25 heavy (non-hydrogen) atoms. The lowest BCUT2D eigenvalue weighted by Crippen LogP contribution is -2.40. The first kappa shape index (κ1) is 17.2. The number of hydrogen-bond acceptors (Lipinski definition) is 4. The molecule has 0 bridgehead atoms. The fourth-order valence-corrected chi connectivity index (χ4v) is 3.23. The van der Waals surface area contributed by atoms with Crippen LogP contribution in [0.1, 0.15) is 12.8 Å². The molecule has 1 aliphatic rings. The molecule has 1 aliphatic heterocycles. The van der Waals surface area contributed by atoms with Gasteiger partial charge in [0.25, 0.3) is 5.91 Å². The Morgan fingerprint density at radius 2 is 1.96 bits per heavy atom. The van der Waals surface area contributed by atoms with E-state index in [0.29, 0.717) is 18.7 Å². The number of ether oxygens (including phenoxy) is 2. The van der Waals surface area contributed by atoms with Crippen LogP contribution in [0.4, 0.5) is 0 Å². The van der Waals surface area contributed by atoms with Crippen molar-refractivity contribution < 1.29 is 24.2 Å². The quantitative estimate of drug-likeness (QED) is 0.871. The van der Waals surface area contributed by atoms with Crippen LogP contribution in [0.3, 0.4) is 0 Å². The second-order valence-corrected chi connectivity index (χ2v) is 6.19. The van der Waals surface area contributed by atoms with E-state index >= 15 is 0 Å². The Bertz CT molecular complexity index is 775. The Morgan fingerprint density at radius 3 is 2.68 bits per heavy atom. The SMILES string of the molecule is COC1CC(CC(=O)O)N(C(=O)COc2ccc3ccccc3c2)C1. The van der Waals surface area contributed by atoms with Gasteiger partial charge in [0, 0.05) is 19.7 Å². The van der Waals surface area contributed by atoms with Crippen molar-refractivity contribution >= 4 is 22.6 Å². The minimum atomic E-state index is -0.921. The molecule has 132 valence electrons. The first-order valence-electron chi connectivity index (χ1n) is 8.22. The van der Waals surface area contributed by atoms with Crippen molar-refractivity contribution in [3.05, 3.63) is 42.5 Å². The minimum Gasteiger partial charge on any atom is -0.484 e. The smallest absolute Gasteiger partial charge is 0.305 e. The second-order valence-electron chi connectivity index (χ2n) is 6.19. The predicted octanol–water partition coefficient (Wildman–Crippen LogP) is 2.31. The summed E-state index contributed by atoms with van der Waals surface area (Å²) >= 11 is 0. The van der Waals surface area contributed by atoms with E-state index in [1.807, 2.05) is 42.5 Å². The largest absolute Gasteiger partial charge is 0.484 e. The Balaban J connectivity index is 1.64. The van der Waals surface area contributed by atoms with Gasteiger partial charge in [-0.05, 0) is 29.3 Å². The zero-order valence-corrected chi connectivity index (χ0v) is 14.1. The summed E-state index contributed by atoms with van der Waals surface area (Å²) in [5, 5.41) is 11.2. The number of carboxylic acid groups (broad SMARTS) is 1. The van der Waals surface area contributed by atoms with Gasteiger partial charge in [0.1, 0.15) is 5.75 Å². The highest BCUT2D eigenvalue weighted by Gasteiger charge is 2.36. The highest BCUT2D eigenvalue weighted by molar-refractivity contribution is 5.84. The zero-order valence-electron chi connectivity index (χ0n) is 14.1. The van der Waals surface area contributed by atoms with Crippen molar-refractivity contribution in [3.8, 4) is 5.75 Å². The molecule has 6 nitrogen and oxygen atoms in total. The first-order chi connectivity index (χ1) is 12.1. The molecule has 0 aromatic heterocycles. The molecule has 1 N–H and O–H groups in total. The van der Waals surface area contributed by atoms with Crippen molar-refractivity contribution in [1.29, 1.82) is 0 Å². The number of hydrogen-bond donors (Lipinski definition) is 1. The van der Waals surface area contributed by atoms with Crippen molar-refractivity contribution in [2.24, 2.45) is 0 Å². The molecule has 1 heterocycles.